The number of para-hydroxylation sites is 1. The maximum atomic E-state index is 13.5. The van der Waals surface area contributed by atoms with E-state index in [4.69, 9.17) is 0 Å². The van der Waals surface area contributed by atoms with Crippen LogP contribution in [0.3, 0.4) is 0 Å². The molecular weight excluding hydrogens is 502 g/mol. The molecule has 0 radical (unpaired) electrons. The van der Waals surface area contributed by atoms with Crippen molar-refractivity contribution in [1.29, 1.82) is 0 Å². The number of benzene rings is 3. The third-order valence-electron chi connectivity index (χ3n) is 5.76. The molecule has 4 rings (SSSR count). The number of hydrogen-bond donors (Lipinski definition) is 0. The van der Waals surface area contributed by atoms with Crippen molar-refractivity contribution in [3.05, 3.63) is 88.9 Å². The molecule has 1 fully saturated rings. The molecule has 8 heteroatoms. The highest BCUT2D eigenvalue weighted by Crippen LogP contribution is 2.26. The molecule has 0 saturated carbocycles. The smallest absolute Gasteiger partial charge is 0.264 e. The van der Waals surface area contributed by atoms with E-state index in [9.17, 15) is 13.2 Å². The van der Waals surface area contributed by atoms with Gasteiger partial charge in [-0.1, -0.05) is 51.8 Å². The summed E-state index contributed by atoms with van der Waals surface area (Å²) in [6, 6.07) is 23.7. The second-order valence-electron chi connectivity index (χ2n) is 8.00. The minimum absolute atomic E-state index is 0.165. The largest absolute Gasteiger partial charge is 0.368 e. The summed E-state index contributed by atoms with van der Waals surface area (Å²) in [6.07, 6.45) is 0. The molecule has 0 N–H and O–H groups in total. The molecule has 33 heavy (non-hydrogen) atoms. The van der Waals surface area contributed by atoms with Crippen LogP contribution in [-0.2, 0) is 14.8 Å². The first-order valence-corrected chi connectivity index (χ1v) is 13.0. The Labute approximate surface area is 203 Å². The van der Waals surface area contributed by atoms with Gasteiger partial charge in [-0.3, -0.25) is 9.10 Å². The fourth-order valence-corrected chi connectivity index (χ4v) is 5.51. The molecule has 1 amide bonds. The number of carbonyl (C=O) groups is 1. The average Bonchev–Trinajstić information content (AvgIpc) is 2.84. The van der Waals surface area contributed by atoms with Crippen LogP contribution < -0.4 is 9.21 Å². The van der Waals surface area contributed by atoms with Crippen LogP contribution in [-0.4, -0.2) is 51.9 Å². The van der Waals surface area contributed by atoms with Crippen LogP contribution in [0.5, 0.6) is 0 Å². The summed E-state index contributed by atoms with van der Waals surface area (Å²) in [5, 5.41) is 0. The summed E-state index contributed by atoms with van der Waals surface area (Å²) in [6.45, 7) is 4.17. The minimum atomic E-state index is -3.91. The van der Waals surface area contributed by atoms with Crippen LogP contribution >= 0.6 is 15.9 Å². The Balaban J connectivity index is 1.54. The van der Waals surface area contributed by atoms with Crippen molar-refractivity contribution in [1.82, 2.24) is 4.90 Å². The van der Waals surface area contributed by atoms with Gasteiger partial charge in [-0.05, 0) is 55.5 Å². The van der Waals surface area contributed by atoms with E-state index < -0.39 is 10.0 Å². The second kappa shape index (κ2) is 9.97. The molecule has 1 aliphatic heterocycles. The monoisotopic (exact) mass is 527 g/mol. The zero-order valence-corrected chi connectivity index (χ0v) is 20.8. The fraction of sp³-hybridized carbons (Fsp3) is 0.240. The van der Waals surface area contributed by atoms with Gasteiger partial charge in [-0.15, -0.1) is 0 Å². The van der Waals surface area contributed by atoms with E-state index in [2.05, 4.69) is 33.0 Å². The lowest BCUT2D eigenvalue weighted by Gasteiger charge is -2.37. The number of carbonyl (C=O) groups excluding carboxylic acids is 1. The number of halogens is 1. The molecule has 1 heterocycles. The van der Waals surface area contributed by atoms with Crippen LogP contribution in [0, 0.1) is 6.92 Å². The molecule has 0 aliphatic carbocycles. The average molecular weight is 528 g/mol. The van der Waals surface area contributed by atoms with Crippen molar-refractivity contribution in [3.8, 4) is 0 Å². The SMILES string of the molecule is Cc1ccc(S(=O)(=O)N(CC(=O)N2CCN(c3ccccc3)CC2)c2ccc(Br)cc2)cc1. The lowest BCUT2D eigenvalue weighted by molar-refractivity contribution is -0.129. The molecule has 172 valence electrons. The summed E-state index contributed by atoms with van der Waals surface area (Å²) in [5.41, 5.74) is 2.55. The molecule has 0 spiro atoms. The lowest BCUT2D eigenvalue weighted by Crippen LogP contribution is -2.52. The van der Waals surface area contributed by atoms with Crippen molar-refractivity contribution in [3.63, 3.8) is 0 Å². The topological polar surface area (TPSA) is 60.9 Å². The minimum Gasteiger partial charge on any atom is -0.368 e. The first-order valence-electron chi connectivity index (χ1n) is 10.8. The van der Waals surface area contributed by atoms with Crippen molar-refractivity contribution in [2.45, 2.75) is 11.8 Å². The van der Waals surface area contributed by atoms with Gasteiger partial charge in [0.1, 0.15) is 6.54 Å². The number of nitrogens with zero attached hydrogens (tertiary/aromatic N) is 3. The Hall–Kier alpha value is -2.84. The predicted molar refractivity (Wildman–Crippen MR) is 135 cm³/mol. The van der Waals surface area contributed by atoms with E-state index in [0.717, 1.165) is 15.7 Å². The summed E-state index contributed by atoms with van der Waals surface area (Å²) in [4.78, 5) is 17.4. The van der Waals surface area contributed by atoms with Gasteiger partial charge in [0.2, 0.25) is 5.91 Å². The summed E-state index contributed by atoms with van der Waals surface area (Å²) in [7, 11) is -3.91. The Morgan fingerprint density at radius 3 is 2.09 bits per heavy atom. The highest BCUT2D eigenvalue weighted by atomic mass is 79.9. The van der Waals surface area contributed by atoms with Gasteiger partial charge >= 0.3 is 0 Å². The molecule has 0 unspecified atom stereocenters. The van der Waals surface area contributed by atoms with Gasteiger partial charge in [0.25, 0.3) is 10.0 Å². The highest BCUT2D eigenvalue weighted by Gasteiger charge is 2.30. The summed E-state index contributed by atoms with van der Waals surface area (Å²) >= 11 is 3.39. The lowest BCUT2D eigenvalue weighted by atomic mass is 10.2. The number of hydrogen-bond acceptors (Lipinski definition) is 4. The molecule has 3 aromatic carbocycles. The van der Waals surface area contributed by atoms with Crippen LogP contribution in [0.25, 0.3) is 0 Å². The maximum Gasteiger partial charge on any atom is 0.264 e. The molecule has 0 bridgehead atoms. The molecule has 1 saturated heterocycles. The predicted octanol–water partition coefficient (Wildman–Crippen LogP) is 4.30. The fourth-order valence-electron chi connectivity index (χ4n) is 3.84. The van der Waals surface area contributed by atoms with Gasteiger partial charge in [-0.25, -0.2) is 8.42 Å². The van der Waals surface area contributed by atoms with Gasteiger partial charge in [0.05, 0.1) is 10.6 Å². The van der Waals surface area contributed by atoms with Crippen molar-refractivity contribution in [2.75, 3.05) is 41.9 Å². The molecule has 0 aromatic heterocycles. The Morgan fingerprint density at radius 1 is 0.879 bits per heavy atom. The standard InChI is InChI=1S/C25H26BrN3O3S/c1-20-7-13-24(14-8-20)33(31,32)29(23-11-9-21(26)10-12-23)19-25(30)28-17-15-27(16-18-28)22-5-3-2-4-6-22/h2-14H,15-19H2,1H3. The molecule has 0 atom stereocenters. The van der Waals surface area contributed by atoms with Crippen LogP contribution in [0.15, 0.2) is 88.2 Å². The first kappa shape index (κ1) is 23.3. The normalized spacial score (nSPS) is 14.2. The quantitative estimate of drug-likeness (QED) is 0.479. The molecule has 6 nitrogen and oxygen atoms in total. The van der Waals surface area contributed by atoms with Crippen LogP contribution in [0.1, 0.15) is 5.56 Å². The van der Waals surface area contributed by atoms with Gasteiger partial charge in [0, 0.05) is 36.3 Å². The van der Waals surface area contributed by atoms with Gasteiger partial charge < -0.3 is 9.80 Å². The summed E-state index contributed by atoms with van der Waals surface area (Å²) < 4.78 is 29.1. The Kier molecular flexibility index (Phi) is 7.05. The van der Waals surface area contributed by atoms with E-state index in [1.807, 2.05) is 25.1 Å². The Bertz CT molecular complexity index is 1190. The van der Waals surface area contributed by atoms with E-state index in [0.29, 0.717) is 31.9 Å². The third kappa shape index (κ3) is 5.39. The first-order chi connectivity index (χ1) is 15.8. The summed E-state index contributed by atoms with van der Waals surface area (Å²) in [5.74, 6) is -0.207. The number of rotatable bonds is 6. The van der Waals surface area contributed by atoms with Crippen LogP contribution in [0.4, 0.5) is 11.4 Å². The third-order valence-corrected chi connectivity index (χ3v) is 8.07. The Morgan fingerprint density at radius 2 is 1.48 bits per heavy atom. The molecule has 1 aliphatic rings. The van der Waals surface area contributed by atoms with Crippen molar-refractivity contribution >= 4 is 43.2 Å². The number of sulfonamides is 1. The zero-order valence-electron chi connectivity index (χ0n) is 18.4. The highest BCUT2D eigenvalue weighted by molar-refractivity contribution is 9.10. The van der Waals surface area contributed by atoms with Crippen molar-refractivity contribution in [2.24, 2.45) is 0 Å². The number of aryl methyl sites for hydroxylation is 1. The second-order valence-corrected chi connectivity index (χ2v) is 10.8. The number of amides is 1. The van der Waals surface area contributed by atoms with Crippen LogP contribution in [0.2, 0.25) is 0 Å². The maximum absolute atomic E-state index is 13.5. The number of anilines is 2. The molecule has 3 aromatic rings. The zero-order chi connectivity index (χ0) is 23.4. The number of piperazine rings is 1. The van der Waals surface area contributed by atoms with E-state index in [-0.39, 0.29) is 17.3 Å². The van der Waals surface area contributed by atoms with E-state index in [1.54, 1.807) is 53.4 Å². The van der Waals surface area contributed by atoms with Crippen molar-refractivity contribution < 1.29 is 13.2 Å². The van der Waals surface area contributed by atoms with Gasteiger partial charge in [0.15, 0.2) is 0 Å². The van der Waals surface area contributed by atoms with E-state index in [1.165, 1.54) is 4.31 Å². The van der Waals surface area contributed by atoms with Gasteiger partial charge in [-0.2, -0.15) is 0 Å². The molecular formula is C25H26BrN3O3S. The van der Waals surface area contributed by atoms with E-state index >= 15 is 0 Å².